The van der Waals surface area contributed by atoms with Crippen molar-refractivity contribution in [3.8, 4) is 0 Å². The lowest BCUT2D eigenvalue weighted by Crippen LogP contribution is -2.28. The number of carbonyl (C=O) groups is 1. The summed E-state index contributed by atoms with van der Waals surface area (Å²) >= 11 is 5.07. The average molecular weight is 434 g/mol. The molecule has 2 rings (SSSR count). The van der Waals surface area contributed by atoms with Crippen LogP contribution in [0.3, 0.4) is 0 Å². The van der Waals surface area contributed by atoms with Gasteiger partial charge >= 0.3 is 5.97 Å². The fourth-order valence-corrected chi connectivity index (χ4v) is 3.68. The monoisotopic (exact) mass is 434 g/mol. The normalized spacial score (nSPS) is 36.3. The molecule has 0 saturated heterocycles. The van der Waals surface area contributed by atoms with E-state index < -0.39 is 0 Å². The fourth-order valence-electron chi connectivity index (χ4n) is 1.95. The quantitative estimate of drug-likeness (QED) is 0.387. The summed E-state index contributed by atoms with van der Waals surface area (Å²) in [6.07, 6.45) is 5.82. The van der Waals surface area contributed by atoms with Crippen molar-refractivity contribution < 1.29 is 9.53 Å². The molecule has 0 aromatic heterocycles. The number of esters is 1. The first-order valence-electron chi connectivity index (χ1n) is 5.61. The highest BCUT2D eigenvalue weighted by molar-refractivity contribution is 14.1. The zero-order valence-electron chi connectivity index (χ0n) is 8.62. The highest BCUT2D eigenvalue weighted by Gasteiger charge is 2.33. The zero-order valence-corrected chi connectivity index (χ0v) is 12.9. The number of alkyl halides is 2. The minimum Gasteiger partial charge on any atom is -0.465 e. The van der Waals surface area contributed by atoms with Crippen LogP contribution >= 0.6 is 45.2 Å². The maximum absolute atomic E-state index is 11.4. The molecule has 0 amide bonds. The third-order valence-corrected chi connectivity index (χ3v) is 7.42. The second-order valence-corrected chi connectivity index (χ2v) is 7.82. The van der Waals surface area contributed by atoms with Crippen LogP contribution in [0, 0.1) is 11.8 Å². The summed E-state index contributed by atoms with van der Waals surface area (Å²) in [6, 6.07) is 0. The van der Waals surface area contributed by atoms with Crippen LogP contribution in [-0.4, -0.2) is 20.4 Å². The molecule has 0 spiro atoms. The van der Waals surface area contributed by atoms with Gasteiger partial charge in [0.25, 0.3) is 0 Å². The van der Waals surface area contributed by atoms with Crippen molar-refractivity contribution in [1.82, 2.24) is 0 Å². The van der Waals surface area contributed by atoms with E-state index in [0.717, 1.165) is 20.7 Å². The van der Waals surface area contributed by atoms with Gasteiger partial charge in [-0.25, -0.2) is 0 Å². The highest BCUT2D eigenvalue weighted by Crippen LogP contribution is 2.35. The average Bonchev–Trinajstić information content (AvgIpc) is 3.03. The number of ether oxygens (including phenoxy) is 1. The van der Waals surface area contributed by atoms with Crippen LogP contribution in [0.4, 0.5) is 0 Å². The first-order valence-corrected chi connectivity index (χ1v) is 8.10. The van der Waals surface area contributed by atoms with E-state index in [0.29, 0.717) is 12.5 Å². The van der Waals surface area contributed by atoms with Gasteiger partial charge in [0, 0.05) is 7.85 Å². The number of hydrogen-bond acceptors (Lipinski definition) is 2. The lowest BCUT2D eigenvalue weighted by molar-refractivity contribution is -0.146. The van der Waals surface area contributed by atoms with Gasteiger partial charge in [0.1, 0.15) is 0 Å². The standard InChI is InChI=1S/C11H16I2O2/c12-9-4-1-7(5-10(9)13)6-15-11(14)8-2-3-8/h7-10H,1-6H2. The third kappa shape index (κ3) is 3.71. The molecule has 2 fully saturated rings. The maximum atomic E-state index is 11.4. The molecule has 0 N–H and O–H groups in total. The molecular weight excluding hydrogens is 418 g/mol. The molecular formula is C11H16I2O2. The Morgan fingerprint density at radius 3 is 2.47 bits per heavy atom. The van der Waals surface area contributed by atoms with Crippen molar-refractivity contribution in [2.75, 3.05) is 6.61 Å². The Hall–Kier alpha value is 0.930. The van der Waals surface area contributed by atoms with Gasteiger partial charge in [-0.05, 0) is 38.0 Å². The van der Waals surface area contributed by atoms with E-state index in [-0.39, 0.29) is 11.9 Å². The van der Waals surface area contributed by atoms with Crippen molar-refractivity contribution in [3.05, 3.63) is 0 Å². The van der Waals surface area contributed by atoms with Gasteiger partial charge in [0.2, 0.25) is 0 Å². The smallest absolute Gasteiger partial charge is 0.308 e. The van der Waals surface area contributed by atoms with E-state index in [4.69, 9.17) is 4.74 Å². The summed E-state index contributed by atoms with van der Waals surface area (Å²) in [7, 11) is 0. The lowest BCUT2D eigenvalue weighted by atomic mass is 9.90. The Morgan fingerprint density at radius 2 is 1.87 bits per heavy atom. The largest absolute Gasteiger partial charge is 0.465 e. The van der Waals surface area contributed by atoms with Gasteiger partial charge in [0.05, 0.1) is 12.5 Å². The minimum absolute atomic E-state index is 0.0524. The molecule has 2 saturated carbocycles. The summed E-state index contributed by atoms with van der Waals surface area (Å²) in [5.41, 5.74) is 0. The van der Waals surface area contributed by atoms with E-state index in [1.165, 1.54) is 19.3 Å². The van der Waals surface area contributed by atoms with Crippen LogP contribution in [0.1, 0.15) is 32.1 Å². The van der Waals surface area contributed by atoms with E-state index in [2.05, 4.69) is 45.2 Å². The second-order valence-electron chi connectivity index (χ2n) is 4.62. The number of halogens is 2. The van der Waals surface area contributed by atoms with Crippen LogP contribution in [0.15, 0.2) is 0 Å². The van der Waals surface area contributed by atoms with Gasteiger partial charge < -0.3 is 4.74 Å². The molecule has 86 valence electrons. The Labute approximate surface area is 118 Å². The molecule has 3 unspecified atom stereocenters. The van der Waals surface area contributed by atoms with E-state index in [1.54, 1.807) is 0 Å². The van der Waals surface area contributed by atoms with Crippen LogP contribution in [-0.2, 0) is 9.53 Å². The Morgan fingerprint density at radius 1 is 1.13 bits per heavy atom. The number of carbonyl (C=O) groups excluding carboxylic acids is 1. The number of rotatable bonds is 3. The van der Waals surface area contributed by atoms with Crippen molar-refractivity contribution in [2.45, 2.75) is 40.0 Å². The molecule has 4 heteroatoms. The van der Waals surface area contributed by atoms with Crippen LogP contribution < -0.4 is 0 Å². The first-order chi connectivity index (χ1) is 7.16. The summed E-state index contributed by atoms with van der Waals surface area (Å²) in [6.45, 7) is 0.665. The Bertz CT molecular complexity index is 241. The fraction of sp³-hybridized carbons (Fsp3) is 0.909. The molecule has 3 atom stereocenters. The molecule has 0 aliphatic heterocycles. The first kappa shape index (κ1) is 12.4. The summed E-state index contributed by atoms with van der Waals surface area (Å²) in [5.74, 6) is 0.915. The lowest BCUT2D eigenvalue weighted by Gasteiger charge is -2.29. The molecule has 2 aliphatic carbocycles. The summed E-state index contributed by atoms with van der Waals surface area (Å²) in [4.78, 5) is 11.4. The van der Waals surface area contributed by atoms with Crippen LogP contribution in [0.5, 0.6) is 0 Å². The number of hydrogen-bond donors (Lipinski definition) is 0. The topological polar surface area (TPSA) is 26.3 Å². The van der Waals surface area contributed by atoms with Gasteiger partial charge in [0.15, 0.2) is 0 Å². The van der Waals surface area contributed by atoms with Gasteiger partial charge in [-0.2, -0.15) is 0 Å². The zero-order chi connectivity index (χ0) is 10.8. The van der Waals surface area contributed by atoms with Gasteiger partial charge in [-0.1, -0.05) is 45.2 Å². The van der Waals surface area contributed by atoms with Crippen molar-refractivity contribution in [2.24, 2.45) is 11.8 Å². The van der Waals surface area contributed by atoms with E-state index in [9.17, 15) is 4.79 Å². The maximum Gasteiger partial charge on any atom is 0.308 e. The minimum atomic E-state index is 0.0524. The molecule has 2 aliphatic rings. The van der Waals surface area contributed by atoms with Crippen molar-refractivity contribution in [3.63, 3.8) is 0 Å². The van der Waals surface area contributed by atoms with E-state index in [1.807, 2.05) is 0 Å². The van der Waals surface area contributed by atoms with Crippen molar-refractivity contribution in [1.29, 1.82) is 0 Å². The SMILES string of the molecule is O=C(OCC1CCC(I)C(I)C1)C1CC1. The Balaban J connectivity index is 1.68. The predicted octanol–water partition coefficient (Wildman–Crippen LogP) is 3.35. The van der Waals surface area contributed by atoms with Crippen molar-refractivity contribution >= 4 is 51.2 Å². The van der Waals surface area contributed by atoms with Crippen LogP contribution in [0.25, 0.3) is 0 Å². The van der Waals surface area contributed by atoms with Crippen LogP contribution in [0.2, 0.25) is 0 Å². The molecule has 0 bridgehead atoms. The molecule has 0 aromatic rings. The van der Waals surface area contributed by atoms with Gasteiger partial charge in [-0.3, -0.25) is 4.79 Å². The predicted molar refractivity (Wildman–Crippen MR) is 76.6 cm³/mol. The highest BCUT2D eigenvalue weighted by atomic mass is 127. The summed E-state index contributed by atoms with van der Waals surface area (Å²) < 4.78 is 6.90. The summed E-state index contributed by atoms with van der Waals surface area (Å²) in [5, 5.41) is 0. The van der Waals surface area contributed by atoms with Gasteiger partial charge in [-0.15, -0.1) is 0 Å². The molecule has 2 nitrogen and oxygen atoms in total. The molecule has 0 heterocycles. The third-order valence-electron chi connectivity index (χ3n) is 3.17. The second kappa shape index (κ2) is 5.51. The molecule has 0 aromatic carbocycles. The Kier molecular flexibility index (Phi) is 4.55. The van der Waals surface area contributed by atoms with E-state index >= 15 is 0 Å². The molecule has 0 radical (unpaired) electrons. The molecule has 15 heavy (non-hydrogen) atoms.